The Bertz CT molecular complexity index is 331. The van der Waals surface area contributed by atoms with Crippen molar-refractivity contribution in [2.24, 2.45) is 5.73 Å². The van der Waals surface area contributed by atoms with Gasteiger partial charge in [0, 0.05) is 23.1 Å². The molecule has 0 amide bonds. The molecule has 4 heteroatoms. The van der Waals surface area contributed by atoms with Crippen molar-refractivity contribution < 1.29 is 9.50 Å². The van der Waals surface area contributed by atoms with Gasteiger partial charge in [-0.3, -0.25) is 0 Å². The van der Waals surface area contributed by atoms with Crippen molar-refractivity contribution in [1.82, 2.24) is 0 Å². The Balaban J connectivity index is 2.56. The van der Waals surface area contributed by atoms with Crippen LogP contribution in [-0.2, 0) is 0 Å². The number of aliphatic hydroxyl groups excluding tert-OH is 1. The molecule has 0 saturated heterocycles. The molecule has 17 heavy (non-hydrogen) atoms. The number of rotatable bonds is 6. The van der Waals surface area contributed by atoms with Gasteiger partial charge in [-0.05, 0) is 24.1 Å². The fourth-order valence-corrected chi connectivity index (χ4v) is 2.96. The van der Waals surface area contributed by atoms with Crippen molar-refractivity contribution in [1.29, 1.82) is 0 Å². The maximum Gasteiger partial charge on any atom is 0.123 e. The molecule has 0 spiro atoms. The van der Waals surface area contributed by atoms with E-state index < -0.39 is 0 Å². The van der Waals surface area contributed by atoms with Gasteiger partial charge in [0.25, 0.3) is 0 Å². The summed E-state index contributed by atoms with van der Waals surface area (Å²) in [7, 11) is 0. The Hall–Kier alpha value is -0.580. The van der Waals surface area contributed by atoms with Gasteiger partial charge in [0.15, 0.2) is 0 Å². The highest BCUT2D eigenvalue weighted by molar-refractivity contribution is 8.00. The molecule has 2 nitrogen and oxygen atoms in total. The van der Waals surface area contributed by atoms with E-state index in [0.29, 0.717) is 5.25 Å². The molecule has 1 aromatic carbocycles. The smallest absolute Gasteiger partial charge is 0.123 e. The summed E-state index contributed by atoms with van der Waals surface area (Å²) < 4.78 is 12.8. The molecule has 0 aliphatic carbocycles. The van der Waals surface area contributed by atoms with Crippen LogP contribution in [0.5, 0.6) is 0 Å². The van der Waals surface area contributed by atoms with Gasteiger partial charge >= 0.3 is 0 Å². The molecule has 0 radical (unpaired) electrons. The van der Waals surface area contributed by atoms with Crippen molar-refractivity contribution in [2.45, 2.75) is 36.8 Å². The number of hydrogen-bond acceptors (Lipinski definition) is 3. The van der Waals surface area contributed by atoms with Crippen LogP contribution >= 0.6 is 11.8 Å². The summed E-state index contributed by atoms with van der Waals surface area (Å²) in [6.45, 7) is 4.34. The second-order valence-corrected chi connectivity index (χ2v) is 6.06. The highest BCUT2D eigenvalue weighted by atomic mass is 32.2. The summed E-state index contributed by atoms with van der Waals surface area (Å²) in [5.41, 5.74) is 7.07. The van der Waals surface area contributed by atoms with Gasteiger partial charge in [-0.25, -0.2) is 4.39 Å². The molecule has 1 aromatic rings. The van der Waals surface area contributed by atoms with E-state index in [4.69, 9.17) is 10.8 Å². The zero-order chi connectivity index (χ0) is 12.8. The predicted molar refractivity (Wildman–Crippen MR) is 71.5 cm³/mol. The molecular weight excluding hydrogens is 237 g/mol. The monoisotopic (exact) mass is 257 g/mol. The maximum atomic E-state index is 12.8. The van der Waals surface area contributed by atoms with E-state index in [1.807, 2.05) is 0 Å². The first-order chi connectivity index (χ1) is 8.04. The molecule has 0 fully saturated rings. The molecule has 0 aliphatic heterocycles. The fourth-order valence-electron chi connectivity index (χ4n) is 1.66. The minimum atomic E-state index is -0.241. The van der Waals surface area contributed by atoms with Crippen molar-refractivity contribution in [3.8, 4) is 0 Å². The number of hydrogen-bond donors (Lipinski definition) is 2. The van der Waals surface area contributed by atoms with Crippen LogP contribution < -0.4 is 5.73 Å². The van der Waals surface area contributed by atoms with E-state index in [0.717, 1.165) is 12.0 Å². The highest BCUT2D eigenvalue weighted by Crippen LogP contribution is 2.28. The maximum absolute atomic E-state index is 12.8. The van der Waals surface area contributed by atoms with Crippen molar-refractivity contribution >= 4 is 11.8 Å². The van der Waals surface area contributed by atoms with Crippen LogP contribution in [0.3, 0.4) is 0 Å². The van der Waals surface area contributed by atoms with Crippen LogP contribution in [0.1, 0.15) is 31.9 Å². The van der Waals surface area contributed by atoms with Gasteiger partial charge in [0.05, 0.1) is 0 Å². The van der Waals surface area contributed by atoms with E-state index in [1.54, 1.807) is 23.9 Å². The predicted octanol–water partition coefficient (Wildman–Crippen LogP) is 2.72. The number of benzene rings is 1. The lowest BCUT2D eigenvalue weighted by molar-refractivity contribution is 0.288. The Morgan fingerprint density at radius 1 is 1.29 bits per heavy atom. The Labute approximate surface area is 106 Å². The van der Waals surface area contributed by atoms with Crippen molar-refractivity contribution in [2.75, 3.05) is 6.61 Å². The minimum absolute atomic E-state index is 0.109. The van der Waals surface area contributed by atoms with Crippen molar-refractivity contribution in [3.05, 3.63) is 35.6 Å². The Morgan fingerprint density at radius 2 is 1.88 bits per heavy atom. The van der Waals surface area contributed by atoms with Crippen LogP contribution in [0.15, 0.2) is 24.3 Å². The summed E-state index contributed by atoms with van der Waals surface area (Å²) in [5, 5.41) is 9.46. The second-order valence-electron chi connectivity index (χ2n) is 4.24. The molecule has 3 N–H and O–H groups in total. The van der Waals surface area contributed by atoms with E-state index in [9.17, 15) is 4.39 Å². The summed E-state index contributed by atoms with van der Waals surface area (Å²) >= 11 is 1.75. The number of aliphatic hydroxyl groups is 1. The highest BCUT2D eigenvalue weighted by Gasteiger charge is 2.17. The Morgan fingerprint density at radius 3 is 2.41 bits per heavy atom. The van der Waals surface area contributed by atoms with E-state index in [2.05, 4.69) is 13.8 Å². The molecule has 0 aromatic heterocycles. The summed E-state index contributed by atoms with van der Waals surface area (Å²) in [4.78, 5) is 0. The lowest BCUT2D eigenvalue weighted by Gasteiger charge is -2.23. The van der Waals surface area contributed by atoms with E-state index in [-0.39, 0.29) is 23.7 Å². The second kappa shape index (κ2) is 6.99. The van der Waals surface area contributed by atoms with Crippen LogP contribution in [0.25, 0.3) is 0 Å². The molecule has 3 atom stereocenters. The van der Waals surface area contributed by atoms with Gasteiger partial charge in [-0.2, -0.15) is 11.8 Å². The van der Waals surface area contributed by atoms with Crippen LogP contribution in [-0.4, -0.2) is 22.2 Å². The third-order valence-corrected chi connectivity index (χ3v) is 4.17. The summed E-state index contributed by atoms with van der Waals surface area (Å²) in [6, 6.07) is 6.22. The molecule has 1 rings (SSSR count). The van der Waals surface area contributed by atoms with Crippen LogP contribution in [0.4, 0.5) is 4.39 Å². The molecular formula is C13H20FNOS. The molecule has 0 heterocycles. The lowest BCUT2D eigenvalue weighted by atomic mass is 10.1. The number of nitrogens with two attached hydrogens (primary N) is 1. The third kappa shape index (κ3) is 4.66. The van der Waals surface area contributed by atoms with Gasteiger partial charge in [0.2, 0.25) is 0 Å². The largest absolute Gasteiger partial charge is 0.396 e. The minimum Gasteiger partial charge on any atom is -0.396 e. The van der Waals surface area contributed by atoms with Gasteiger partial charge < -0.3 is 10.8 Å². The van der Waals surface area contributed by atoms with Crippen LogP contribution in [0, 0.1) is 5.82 Å². The lowest BCUT2D eigenvalue weighted by Crippen LogP contribution is -2.23. The van der Waals surface area contributed by atoms with Gasteiger partial charge in [-0.1, -0.05) is 26.0 Å². The fraction of sp³-hybridized carbons (Fsp3) is 0.538. The topological polar surface area (TPSA) is 46.2 Å². The third-order valence-electron chi connectivity index (χ3n) is 2.74. The van der Waals surface area contributed by atoms with E-state index >= 15 is 0 Å². The first-order valence-corrected chi connectivity index (χ1v) is 6.76. The number of halogens is 1. The molecule has 0 bridgehead atoms. The van der Waals surface area contributed by atoms with Crippen molar-refractivity contribution in [3.63, 3.8) is 0 Å². The average molecular weight is 257 g/mol. The summed E-state index contributed by atoms with van der Waals surface area (Å²) in [5.74, 6) is -0.241. The number of thioether (sulfide) groups is 1. The van der Waals surface area contributed by atoms with Gasteiger partial charge in [0.1, 0.15) is 5.82 Å². The average Bonchev–Trinajstić information content (AvgIpc) is 2.29. The molecule has 0 aliphatic rings. The molecule has 3 unspecified atom stereocenters. The Kier molecular flexibility index (Phi) is 5.95. The summed E-state index contributed by atoms with van der Waals surface area (Å²) in [6.07, 6.45) is 0.769. The zero-order valence-electron chi connectivity index (χ0n) is 10.3. The SMILES string of the molecule is CC(CCO)SC(C)C(N)c1ccc(F)cc1. The molecule has 0 saturated carbocycles. The molecule has 96 valence electrons. The standard InChI is InChI=1S/C13H20FNOS/c1-9(7-8-16)17-10(2)13(15)11-3-5-12(14)6-4-11/h3-6,9-10,13,16H,7-8,15H2,1-2H3. The quantitative estimate of drug-likeness (QED) is 0.823. The van der Waals surface area contributed by atoms with Crippen LogP contribution in [0.2, 0.25) is 0 Å². The van der Waals surface area contributed by atoms with E-state index in [1.165, 1.54) is 12.1 Å². The first-order valence-electron chi connectivity index (χ1n) is 5.82. The zero-order valence-corrected chi connectivity index (χ0v) is 11.1. The van der Waals surface area contributed by atoms with Gasteiger partial charge in [-0.15, -0.1) is 0 Å². The normalized spacial score (nSPS) is 16.5. The first kappa shape index (κ1) is 14.5.